The Morgan fingerprint density at radius 3 is 2.70 bits per heavy atom. The van der Waals surface area contributed by atoms with E-state index in [-0.39, 0.29) is 34.6 Å². The largest absolute Gasteiger partial charge is 0.465 e. The van der Waals surface area contributed by atoms with Crippen molar-refractivity contribution in [2.75, 3.05) is 6.61 Å². The van der Waals surface area contributed by atoms with Crippen LogP contribution in [-0.2, 0) is 19.0 Å². The Hall–Kier alpha value is -0.610. The third-order valence-electron chi connectivity index (χ3n) is 9.16. The van der Waals surface area contributed by atoms with Crippen LogP contribution >= 0.6 is 0 Å². The number of carbonyl (C=O) groups is 1. The molecule has 2 aliphatic heterocycles. The van der Waals surface area contributed by atoms with Gasteiger partial charge in [-0.1, -0.05) is 27.7 Å². The summed E-state index contributed by atoms with van der Waals surface area (Å²) in [7, 11) is 0. The van der Waals surface area contributed by atoms with Crippen LogP contribution in [-0.4, -0.2) is 36.5 Å². The topological polar surface area (TPSA) is 51.4 Å². The van der Waals surface area contributed by atoms with E-state index in [9.17, 15) is 4.79 Å². The molecule has 27 heavy (non-hydrogen) atoms. The normalized spacial score (nSPS) is 55.0. The molecule has 0 aromatic heterocycles. The van der Waals surface area contributed by atoms with Crippen LogP contribution in [0.5, 0.6) is 0 Å². The molecule has 4 nitrogen and oxygen atoms in total. The van der Waals surface area contributed by atoms with Crippen molar-refractivity contribution in [1.82, 2.24) is 0 Å². The Morgan fingerprint density at radius 2 is 2.00 bits per heavy atom. The molecular weight excluding hydrogens is 340 g/mol. The third kappa shape index (κ3) is 2.32. The quantitative estimate of drug-likeness (QED) is 0.540. The van der Waals surface area contributed by atoms with Crippen LogP contribution in [0.4, 0.5) is 0 Å². The maximum atomic E-state index is 13.5. The third-order valence-corrected chi connectivity index (χ3v) is 9.16. The standard InChI is InChI=1S/C23H36O4/c1-6-11-25-20(24)23-10-9-21(4)12-16-22(5,27-16)19-18(26-19)17(21)15(23)8-7-14(23)13(2)3/h13-19H,6-12H2,1-5H3/t14-,15+,16-,17-,18+,19+,21+,22-,23+/m1/s1. The molecule has 0 unspecified atom stereocenters. The van der Waals surface area contributed by atoms with E-state index < -0.39 is 0 Å². The monoisotopic (exact) mass is 376 g/mol. The van der Waals surface area contributed by atoms with E-state index in [1.165, 1.54) is 0 Å². The molecule has 0 N–H and O–H groups in total. The highest BCUT2D eigenvalue weighted by atomic mass is 16.7. The molecule has 0 aromatic carbocycles. The summed E-state index contributed by atoms with van der Waals surface area (Å²) in [5, 5.41) is 0. The van der Waals surface area contributed by atoms with Gasteiger partial charge in [0.15, 0.2) is 0 Å². The fourth-order valence-corrected chi connectivity index (χ4v) is 7.74. The van der Waals surface area contributed by atoms with Crippen molar-refractivity contribution >= 4 is 5.97 Å². The van der Waals surface area contributed by atoms with Crippen molar-refractivity contribution in [2.24, 2.45) is 34.5 Å². The van der Waals surface area contributed by atoms with Crippen molar-refractivity contribution in [2.45, 2.75) is 97.1 Å². The molecule has 2 heterocycles. The zero-order valence-electron chi connectivity index (χ0n) is 17.6. The summed E-state index contributed by atoms with van der Waals surface area (Å²) in [6.45, 7) is 11.9. The Labute approximate surface area is 163 Å². The Bertz CT molecular complexity index is 646. The van der Waals surface area contributed by atoms with E-state index in [1.54, 1.807) is 0 Å². The van der Waals surface area contributed by atoms with Crippen molar-refractivity contribution < 1.29 is 19.0 Å². The average Bonchev–Trinajstić information content (AvgIpc) is 3.48. The first-order chi connectivity index (χ1) is 12.8. The van der Waals surface area contributed by atoms with E-state index in [2.05, 4.69) is 34.6 Å². The minimum absolute atomic E-state index is 0.0630. The second-order valence-electron chi connectivity index (χ2n) is 10.9. The molecule has 5 fully saturated rings. The van der Waals surface area contributed by atoms with Crippen LogP contribution in [0.25, 0.3) is 0 Å². The van der Waals surface area contributed by atoms with Gasteiger partial charge >= 0.3 is 5.97 Å². The van der Waals surface area contributed by atoms with Crippen LogP contribution in [0, 0.1) is 34.5 Å². The molecule has 0 amide bonds. The molecule has 0 aromatic rings. The summed E-state index contributed by atoms with van der Waals surface area (Å²) in [6, 6.07) is 0. The highest BCUT2D eigenvalue weighted by Crippen LogP contribution is 2.71. The van der Waals surface area contributed by atoms with Gasteiger partial charge in [0.25, 0.3) is 0 Å². The summed E-state index contributed by atoms with van der Waals surface area (Å²) in [5.74, 6) is 1.94. The summed E-state index contributed by atoms with van der Waals surface area (Å²) in [4.78, 5) is 13.5. The number of fused-ring (bicyclic) bond motifs is 7. The Balaban J connectivity index is 1.52. The lowest BCUT2D eigenvalue weighted by atomic mass is 9.50. The highest BCUT2D eigenvalue weighted by Gasteiger charge is 2.77. The molecule has 0 spiro atoms. The SMILES string of the molecule is CCCOC(=O)[C@]12CC[C@@]3(C)C[C@H]4O[C@@]4(C)[C@H]4O[C@H]4[C@H]3[C@@H]1CC[C@@H]2C(C)C. The Morgan fingerprint density at radius 1 is 1.22 bits per heavy atom. The molecule has 5 rings (SSSR count). The first-order valence-electron chi connectivity index (χ1n) is 11.3. The molecule has 0 radical (unpaired) electrons. The number of esters is 1. The summed E-state index contributed by atoms with van der Waals surface area (Å²) in [5.41, 5.74) is -0.129. The number of carbonyl (C=O) groups excluding carboxylic acids is 1. The lowest BCUT2D eigenvalue weighted by Crippen LogP contribution is -2.54. The molecule has 3 saturated carbocycles. The van der Waals surface area contributed by atoms with Gasteiger partial charge in [0, 0.05) is 0 Å². The summed E-state index contributed by atoms with van der Waals surface area (Å²) in [6.07, 6.45) is 7.29. The van der Waals surface area contributed by atoms with Gasteiger partial charge in [-0.05, 0) is 74.5 Å². The molecule has 5 aliphatic rings. The van der Waals surface area contributed by atoms with Gasteiger partial charge < -0.3 is 14.2 Å². The number of hydrogen-bond donors (Lipinski definition) is 0. The number of ether oxygens (including phenoxy) is 3. The molecule has 152 valence electrons. The average molecular weight is 377 g/mol. The second kappa shape index (κ2) is 5.72. The van der Waals surface area contributed by atoms with Gasteiger partial charge in [-0.15, -0.1) is 0 Å². The fourth-order valence-electron chi connectivity index (χ4n) is 7.74. The molecule has 4 heteroatoms. The molecule has 9 atom stereocenters. The number of hydrogen-bond acceptors (Lipinski definition) is 4. The van der Waals surface area contributed by atoms with Crippen LogP contribution < -0.4 is 0 Å². The maximum absolute atomic E-state index is 13.5. The van der Waals surface area contributed by atoms with Crippen molar-refractivity contribution in [1.29, 1.82) is 0 Å². The lowest BCUT2D eigenvalue weighted by molar-refractivity contribution is -0.175. The van der Waals surface area contributed by atoms with E-state index in [0.29, 0.717) is 36.4 Å². The first-order valence-corrected chi connectivity index (χ1v) is 11.3. The van der Waals surface area contributed by atoms with Gasteiger partial charge in [-0.25, -0.2) is 0 Å². The van der Waals surface area contributed by atoms with Gasteiger partial charge in [0.1, 0.15) is 11.7 Å². The zero-order valence-corrected chi connectivity index (χ0v) is 17.6. The van der Waals surface area contributed by atoms with Crippen LogP contribution in [0.15, 0.2) is 0 Å². The number of rotatable bonds is 4. The maximum Gasteiger partial charge on any atom is 0.312 e. The molecule has 0 bridgehead atoms. The van der Waals surface area contributed by atoms with Crippen molar-refractivity contribution in [3.8, 4) is 0 Å². The summed E-state index contributed by atoms with van der Waals surface area (Å²) >= 11 is 0. The van der Waals surface area contributed by atoms with Crippen LogP contribution in [0.2, 0.25) is 0 Å². The van der Waals surface area contributed by atoms with Crippen LogP contribution in [0.3, 0.4) is 0 Å². The van der Waals surface area contributed by atoms with Crippen molar-refractivity contribution in [3.05, 3.63) is 0 Å². The fraction of sp³-hybridized carbons (Fsp3) is 0.957. The van der Waals surface area contributed by atoms with Crippen LogP contribution in [0.1, 0.15) is 73.1 Å². The minimum Gasteiger partial charge on any atom is -0.465 e. The smallest absolute Gasteiger partial charge is 0.312 e. The summed E-state index contributed by atoms with van der Waals surface area (Å²) < 4.78 is 18.2. The first kappa shape index (κ1) is 18.4. The zero-order chi connectivity index (χ0) is 19.2. The number of epoxide rings is 2. The molecule has 3 aliphatic carbocycles. The Kier molecular flexibility index (Phi) is 3.90. The predicted molar refractivity (Wildman–Crippen MR) is 102 cm³/mol. The van der Waals surface area contributed by atoms with E-state index in [0.717, 1.165) is 38.5 Å². The molecular formula is C23H36O4. The van der Waals surface area contributed by atoms with E-state index in [1.807, 2.05) is 0 Å². The minimum atomic E-state index is -0.291. The van der Waals surface area contributed by atoms with Gasteiger partial charge in [0.2, 0.25) is 0 Å². The van der Waals surface area contributed by atoms with Gasteiger partial charge in [0.05, 0.1) is 24.2 Å². The second-order valence-corrected chi connectivity index (χ2v) is 10.9. The van der Waals surface area contributed by atoms with E-state index >= 15 is 0 Å². The van der Waals surface area contributed by atoms with Crippen molar-refractivity contribution in [3.63, 3.8) is 0 Å². The van der Waals surface area contributed by atoms with Gasteiger partial charge in [-0.3, -0.25) is 4.79 Å². The highest BCUT2D eigenvalue weighted by molar-refractivity contribution is 5.78. The predicted octanol–water partition coefficient (Wildman–Crippen LogP) is 4.35. The lowest BCUT2D eigenvalue weighted by Gasteiger charge is -2.53. The molecule has 2 saturated heterocycles. The van der Waals surface area contributed by atoms with E-state index in [4.69, 9.17) is 14.2 Å². The van der Waals surface area contributed by atoms with Gasteiger partial charge in [-0.2, -0.15) is 0 Å².